The van der Waals surface area contributed by atoms with Crippen LogP contribution in [0.5, 0.6) is 0 Å². The minimum Gasteiger partial charge on any atom is -0.505 e. The molecule has 0 aromatic heterocycles. The van der Waals surface area contributed by atoms with E-state index in [9.17, 15) is 0 Å². The molecule has 6 atom stereocenters. The largest absolute Gasteiger partial charge is 0.505 e. The molecule has 9 saturated carbocycles. The fourth-order valence-electron chi connectivity index (χ4n) is 16.7. The molecule has 0 aromatic carbocycles. The highest BCUT2D eigenvalue weighted by atomic mass is 16.5. The highest BCUT2D eigenvalue weighted by molar-refractivity contribution is 4.99. The quantitative estimate of drug-likeness (QED) is 0.0410. The maximum absolute atomic E-state index is 5.29. The summed E-state index contributed by atoms with van der Waals surface area (Å²) in [5, 5.41) is 0. The first kappa shape index (κ1) is 151. The summed E-state index contributed by atoms with van der Waals surface area (Å²) in [6.07, 6.45) is 82.5. The van der Waals surface area contributed by atoms with Gasteiger partial charge in [-0.15, -0.1) is 0 Å². The van der Waals surface area contributed by atoms with Crippen LogP contribution in [0.1, 0.15) is 293 Å². The van der Waals surface area contributed by atoms with Crippen molar-refractivity contribution >= 4 is 0 Å². The molecule has 22 nitrogen and oxygen atoms in total. The van der Waals surface area contributed by atoms with Gasteiger partial charge in [-0.05, 0) is 246 Å². The Labute approximate surface area is 896 Å². The van der Waals surface area contributed by atoms with Gasteiger partial charge in [0, 0.05) is 11.8 Å². The zero-order valence-corrected chi connectivity index (χ0v) is 95.0. The molecule has 9 fully saturated rings. The summed E-state index contributed by atoms with van der Waals surface area (Å²) in [7, 11) is 6.25. The monoisotopic (exact) mass is 2060 g/mol. The van der Waals surface area contributed by atoms with Gasteiger partial charge in [0.25, 0.3) is 0 Å². The highest BCUT2D eigenvalue weighted by Gasteiger charge is 2.49. The second-order valence-electron chi connectivity index (χ2n) is 37.0. The van der Waals surface area contributed by atoms with Crippen LogP contribution in [0.3, 0.4) is 0 Å². The molecule has 146 heavy (non-hydrogen) atoms. The van der Waals surface area contributed by atoms with Crippen molar-refractivity contribution in [2.24, 2.45) is 76.4 Å². The summed E-state index contributed by atoms with van der Waals surface area (Å²) in [6.45, 7) is 102. The van der Waals surface area contributed by atoms with Crippen molar-refractivity contribution in [2.75, 3.05) is 121 Å². The van der Waals surface area contributed by atoms with E-state index in [-0.39, 0.29) is 17.6 Å². The van der Waals surface area contributed by atoms with Gasteiger partial charge in [0.2, 0.25) is 0 Å². The molecule has 0 aromatic rings. The maximum atomic E-state index is 5.29. The Bertz CT molecular complexity index is 2710. The summed E-state index contributed by atoms with van der Waals surface area (Å²) >= 11 is 0. The number of rotatable bonds is 64. The Balaban J connectivity index is -0.000000234. The average molecular weight is 2060 g/mol. The minimum atomic E-state index is 0.0162. The Kier molecular flexibility index (Phi) is 130. The van der Waals surface area contributed by atoms with Gasteiger partial charge in [0.05, 0.1) is 283 Å². The van der Waals surface area contributed by atoms with Crippen molar-refractivity contribution in [1.82, 2.24) is 0 Å². The molecule has 0 N–H and O–H groups in total. The fraction of sp³-hybridized carbons (Fsp3) is 0.645. The molecule has 22 heteroatoms. The minimum absolute atomic E-state index is 0.0162. The first-order chi connectivity index (χ1) is 70.8. The predicted molar refractivity (Wildman–Crippen MR) is 616 cm³/mol. The van der Waals surface area contributed by atoms with Gasteiger partial charge in [-0.3, -0.25) is 0 Å². The molecule has 0 amide bonds. The topological polar surface area (TPSA) is 203 Å². The van der Waals surface area contributed by atoms with E-state index in [1.165, 1.54) is 249 Å². The summed E-state index contributed by atoms with van der Waals surface area (Å²) in [4.78, 5) is 0. The van der Waals surface area contributed by atoms with Gasteiger partial charge in [0.1, 0.15) is 0 Å². The van der Waals surface area contributed by atoms with Crippen LogP contribution in [-0.2, 0) is 104 Å². The summed E-state index contributed by atoms with van der Waals surface area (Å²) in [6, 6.07) is 0. The van der Waals surface area contributed by atoms with Crippen LogP contribution >= 0.6 is 0 Å². The number of fused-ring (bicyclic) bond motifs is 9. The van der Waals surface area contributed by atoms with Crippen LogP contribution in [0.25, 0.3) is 0 Å². The number of methoxy groups -OCH3 is 4. The van der Waals surface area contributed by atoms with E-state index < -0.39 is 0 Å². The lowest BCUT2D eigenvalue weighted by Gasteiger charge is -2.27. The van der Waals surface area contributed by atoms with E-state index in [4.69, 9.17) is 85.3 Å². The predicted octanol–water partition coefficient (Wildman–Crippen LogP) is 34.4. The normalized spacial score (nSPS) is 19.4. The molecule has 0 heterocycles. The van der Waals surface area contributed by atoms with Crippen molar-refractivity contribution in [3.8, 4) is 0 Å². The van der Waals surface area contributed by atoms with Crippen LogP contribution in [0.2, 0.25) is 0 Å². The molecule has 0 radical (unpaired) electrons. The molecule has 9 aliphatic carbocycles. The molecule has 6 bridgehead atoms. The van der Waals surface area contributed by atoms with Crippen LogP contribution in [0.4, 0.5) is 0 Å². The average Bonchev–Trinajstić information content (AvgIpc) is 1.62. The van der Waals surface area contributed by atoms with Crippen LogP contribution in [0, 0.1) is 76.4 Å². The van der Waals surface area contributed by atoms with Crippen molar-refractivity contribution in [2.45, 2.75) is 317 Å². The van der Waals surface area contributed by atoms with Crippen LogP contribution in [-0.4, -0.2) is 145 Å². The van der Waals surface area contributed by atoms with Gasteiger partial charge in [-0.1, -0.05) is 256 Å². The standard InChI is InChI=1S/C12H20O2.C12H22O2.C10H16O2.2C10H18O2.C10H16.C9H16O2.C8H14O2.C7H12O2.2C7H12.2C5H10O.4C3H6O/c1-3-13-9-11-5-7-12(8-6-11)10-14-4-2;1-3-13-11-9-7-5-6-8-10-12-14-4-2;1-3-11-9-5-7-10(8-6-9)12-4-2;1-5-11-7-9(3)10(4)8-12-6-2;1-3-11-9-7-5-6-8-10-12-4-2;1-2-9-7-4-5-8(6-7)10(9)3-1;1-5-10-7-9(3,4)8-11-6-2;1-3-9-7-5-6-8-10-4-2;1-3-8-6-5-7-9-4-2;2*1-2-7-4-3-6(1)5-7;2*1-4-6-5(2)3;4*1-3-4-2/h3-4,11-12H,1-2,5-10H2;3-4H,1-2,5-12H2;3-4,9-10H,1-2,5-8H2;5-6,9-10H,1-2,7-8H2,3-4H3;3-4H,1-2,5-10H2;7-10H,1-6H2;5-6H,1-2,7-8H2,3-4H3;3-4H,1-2,5-8H2;3-4H,1-2,5-7H2;2*6-7H,1-5H2;2*4-5H,1H2,2-3H3;4*3H,1H2,2H3. The van der Waals surface area contributed by atoms with Gasteiger partial charge in [-0.25, -0.2) is 0 Å². The zero-order valence-electron chi connectivity index (χ0n) is 95.0. The van der Waals surface area contributed by atoms with E-state index in [0.717, 1.165) is 123 Å². The van der Waals surface area contributed by atoms with Gasteiger partial charge < -0.3 is 104 Å². The second kappa shape index (κ2) is 125. The highest BCUT2D eigenvalue weighted by Crippen LogP contribution is 2.58. The molecule has 6 unspecified atom stereocenters. The first-order valence-corrected chi connectivity index (χ1v) is 53.5. The van der Waals surface area contributed by atoms with Crippen molar-refractivity contribution in [3.63, 3.8) is 0 Å². The Morgan fingerprint density at radius 2 is 0.459 bits per heavy atom. The van der Waals surface area contributed by atoms with Crippen LogP contribution in [0.15, 0.2) is 283 Å². The molecule has 9 rings (SSSR count). The van der Waals surface area contributed by atoms with E-state index in [1.54, 1.807) is 131 Å². The molecular formula is C124H220O22. The molecule has 0 spiro atoms. The van der Waals surface area contributed by atoms with Crippen molar-refractivity contribution < 1.29 is 104 Å². The fourth-order valence-corrected chi connectivity index (χ4v) is 16.7. The van der Waals surface area contributed by atoms with Crippen molar-refractivity contribution in [1.29, 1.82) is 0 Å². The first-order valence-electron chi connectivity index (χ1n) is 53.5. The SMILES string of the molecule is C1CC2C3CCC(C3)C2C1.C1CC2CCC1C2.C1CC2CCC1C2.C=COC.C=COC.C=COC.C=COC.C=COC(C)C.C=COC(C)C.C=COC1CCC(OC=C)CC1.C=COCC(C)(C)COC=C.C=COCC(C)C(C)COC=C.C=COCC1CCC(COC=C)CC1.C=COCCCCCCCCOC=C.C=COCCCCCCOC=C.C=COCCCCOC=C.C=COCCCOC=C. The number of ether oxygens (including phenoxy) is 22. The maximum Gasteiger partial charge on any atom is 0.0980 e. The lowest BCUT2D eigenvalue weighted by Crippen LogP contribution is -2.24. The third kappa shape index (κ3) is 114. The summed E-state index contributed by atoms with van der Waals surface area (Å²) in [5.41, 5.74) is 0.0162. The molecule has 9 aliphatic rings. The van der Waals surface area contributed by atoms with Crippen molar-refractivity contribution in [3.05, 3.63) is 283 Å². The lowest BCUT2D eigenvalue weighted by atomic mass is 9.82. The molecule has 0 aliphatic heterocycles. The summed E-state index contributed by atoms with van der Waals surface area (Å²) < 4.78 is 108. The smallest absolute Gasteiger partial charge is 0.0980 e. The van der Waals surface area contributed by atoms with E-state index in [1.807, 2.05) is 27.7 Å². The second-order valence-corrected chi connectivity index (χ2v) is 37.0. The number of hydrogen-bond acceptors (Lipinski definition) is 22. The Morgan fingerprint density at radius 1 is 0.233 bits per heavy atom. The van der Waals surface area contributed by atoms with Crippen LogP contribution < -0.4 is 0 Å². The summed E-state index contributed by atoms with van der Waals surface area (Å²) in [5.74, 6) is 11.9. The number of hydrogen-bond donors (Lipinski definition) is 0. The molecule has 848 valence electrons. The number of unbranched alkanes of at least 4 members (excludes halogenated alkanes) is 9. The third-order valence-corrected chi connectivity index (χ3v) is 24.5. The van der Waals surface area contributed by atoms with E-state index in [0.29, 0.717) is 75.5 Å². The van der Waals surface area contributed by atoms with E-state index in [2.05, 4.69) is 191 Å². The van der Waals surface area contributed by atoms with E-state index >= 15 is 0 Å². The molecular weight excluding hydrogens is 1840 g/mol. The van der Waals surface area contributed by atoms with Gasteiger partial charge >= 0.3 is 0 Å². The van der Waals surface area contributed by atoms with Gasteiger partial charge in [0.15, 0.2) is 0 Å². The Morgan fingerprint density at radius 3 is 0.651 bits per heavy atom. The Hall–Kier alpha value is -10.1. The zero-order chi connectivity index (χ0) is 111. The molecule has 0 saturated heterocycles. The lowest BCUT2D eigenvalue weighted by molar-refractivity contribution is 0.0360. The van der Waals surface area contributed by atoms with Gasteiger partial charge in [-0.2, -0.15) is 0 Å². The third-order valence-electron chi connectivity index (χ3n) is 24.5.